The standard InChI is InChI=1S/C18H37FO3Si/c1-5-9-11-23(12-10-6-2)21-14-16(8-4)18(22-23)17(20)15(7-3)13-19/h15-18,20H,5-14H2,1-4H3. The van der Waals surface area contributed by atoms with E-state index >= 15 is 0 Å². The second-order valence-corrected chi connectivity index (χ2v) is 10.3. The number of hydrogen-bond donors (Lipinski definition) is 1. The van der Waals surface area contributed by atoms with E-state index in [1.807, 2.05) is 6.92 Å². The molecule has 0 bridgehead atoms. The van der Waals surface area contributed by atoms with Gasteiger partial charge in [-0.2, -0.15) is 0 Å². The van der Waals surface area contributed by atoms with Crippen LogP contribution in [0, 0.1) is 11.8 Å². The predicted molar refractivity (Wildman–Crippen MR) is 95.6 cm³/mol. The Bertz CT molecular complexity index is 305. The zero-order valence-corrected chi connectivity index (χ0v) is 16.5. The molecule has 0 amide bonds. The third kappa shape index (κ3) is 5.80. The highest BCUT2D eigenvalue weighted by Crippen LogP contribution is 2.36. The van der Waals surface area contributed by atoms with E-state index in [9.17, 15) is 9.50 Å². The maximum atomic E-state index is 13.3. The Morgan fingerprint density at radius 2 is 1.74 bits per heavy atom. The summed E-state index contributed by atoms with van der Waals surface area (Å²) in [6.45, 7) is 8.59. The van der Waals surface area contributed by atoms with E-state index in [-0.39, 0.29) is 17.9 Å². The van der Waals surface area contributed by atoms with Gasteiger partial charge in [0.25, 0.3) is 0 Å². The molecule has 0 radical (unpaired) electrons. The normalized spacial score (nSPS) is 26.9. The second-order valence-electron chi connectivity index (χ2n) is 6.99. The zero-order valence-electron chi connectivity index (χ0n) is 15.5. The fourth-order valence-corrected chi connectivity index (χ4v) is 7.39. The first-order valence-corrected chi connectivity index (χ1v) is 11.9. The summed E-state index contributed by atoms with van der Waals surface area (Å²) in [4.78, 5) is 0. The van der Waals surface area contributed by atoms with E-state index in [2.05, 4.69) is 20.8 Å². The quantitative estimate of drug-likeness (QED) is 0.544. The predicted octanol–water partition coefficient (Wildman–Crippen LogP) is 4.83. The highest BCUT2D eigenvalue weighted by Gasteiger charge is 2.48. The van der Waals surface area contributed by atoms with Crippen LogP contribution in [-0.4, -0.2) is 39.2 Å². The number of alkyl halides is 1. The first kappa shape index (κ1) is 21.1. The van der Waals surface area contributed by atoms with E-state index in [0.717, 1.165) is 44.2 Å². The van der Waals surface area contributed by atoms with Crippen molar-refractivity contribution in [3.05, 3.63) is 0 Å². The van der Waals surface area contributed by atoms with Crippen LogP contribution in [0.5, 0.6) is 0 Å². The van der Waals surface area contributed by atoms with Crippen molar-refractivity contribution < 1.29 is 18.3 Å². The fourth-order valence-electron chi connectivity index (χ4n) is 3.42. The van der Waals surface area contributed by atoms with Crippen LogP contribution in [0.3, 0.4) is 0 Å². The number of unbranched alkanes of at least 4 members (excludes halogenated alkanes) is 2. The van der Waals surface area contributed by atoms with Crippen molar-refractivity contribution in [2.24, 2.45) is 11.8 Å². The van der Waals surface area contributed by atoms with Crippen LogP contribution in [0.1, 0.15) is 66.2 Å². The minimum Gasteiger partial charge on any atom is -0.394 e. The Kier molecular flexibility index (Phi) is 9.90. The van der Waals surface area contributed by atoms with E-state index in [4.69, 9.17) is 8.85 Å². The van der Waals surface area contributed by atoms with Crippen LogP contribution in [0.25, 0.3) is 0 Å². The molecule has 138 valence electrons. The van der Waals surface area contributed by atoms with E-state index in [0.29, 0.717) is 13.0 Å². The highest BCUT2D eigenvalue weighted by atomic mass is 28.4. The summed E-state index contributed by atoms with van der Waals surface area (Å²) in [5.41, 5.74) is 0. The molecular formula is C18H37FO3Si. The van der Waals surface area contributed by atoms with Gasteiger partial charge in [-0.15, -0.1) is 0 Å². The van der Waals surface area contributed by atoms with Gasteiger partial charge in [-0.1, -0.05) is 53.4 Å². The summed E-state index contributed by atoms with van der Waals surface area (Å²) in [5.74, 6) is -0.148. The smallest absolute Gasteiger partial charge is 0.338 e. The minimum atomic E-state index is -2.26. The average molecular weight is 349 g/mol. The summed E-state index contributed by atoms with van der Waals surface area (Å²) in [7, 11) is -2.26. The van der Waals surface area contributed by atoms with Gasteiger partial charge >= 0.3 is 8.56 Å². The molecule has 4 unspecified atom stereocenters. The van der Waals surface area contributed by atoms with Gasteiger partial charge in [-0.3, -0.25) is 4.39 Å². The summed E-state index contributed by atoms with van der Waals surface area (Å²) in [6.07, 6.45) is 5.04. The molecule has 1 fully saturated rings. The molecule has 1 N–H and O–H groups in total. The Labute approximate surface area is 143 Å². The lowest BCUT2D eigenvalue weighted by atomic mass is 9.88. The molecule has 0 saturated carbocycles. The van der Waals surface area contributed by atoms with Crippen LogP contribution < -0.4 is 0 Å². The number of hydrogen-bond acceptors (Lipinski definition) is 3. The van der Waals surface area contributed by atoms with Crippen molar-refractivity contribution in [1.82, 2.24) is 0 Å². The molecule has 1 aliphatic heterocycles. The third-order valence-corrected chi connectivity index (χ3v) is 8.89. The van der Waals surface area contributed by atoms with Gasteiger partial charge in [0.05, 0.1) is 18.9 Å². The van der Waals surface area contributed by atoms with Crippen molar-refractivity contribution in [3.8, 4) is 0 Å². The third-order valence-electron chi connectivity index (χ3n) is 5.26. The maximum absolute atomic E-state index is 13.3. The molecule has 1 heterocycles. The summed E-state index contributed by atoms with van der Waals surface area (Å²) >= 11 is 0. The van der Waals surface area contributed by atoms with Crippen LogP contribution in [0.15, 0.2) is 0 Å². The largest absolute Gasteiger partial charge is 0.394 e. The maximum Gasteiger partial charge on any atom is 0.338 e. The molecule has 1 saturated heterocycles. The van der Waals surface area contributed by atoms with Gasteiger partial charge in [0, 0.05) is 18.4 Å². The van der Waals surface area contributed by atoms with Gasteiger partial charge in [0.1, 0.15) is 0 Å². The van der Waals surface area contributed by atoms with Crippen LogP contribution in [0.4, 0.5) is 4.39 Å². The summed E-state index contributed by atoms with van der Waals surface area (Å²) < 4.78 is 26.1. The monoisotopic (exact) mass is 348 g/mol. The second kappa shape index (κ2) is 10.8. The topological polar surface area (TPSA) is 38.7 Å². The zero-order chi connectivity index (χ0) is 17.3. The van der Waals surface area contributed by atoms with Crippen LogP contribution in [0.2, 0.25) is 12.1 Å². The fraction of sp³-hybridized carbons (Fsp3) is 1.00. The molecule has 0 aromatic heterocycles. The van der Waals surface area contributed by atoms with Crippen molar-refractivity contribution in [2.75, 3.05) is 13.3 Å². The number of halogens is 1. The summed E-state index contributed by atoms with van der Waals surface area (Å²) in [6, 6.07) is 1.99. The number of rotatable bonds is 11. The highest BCUT2D eigenvalue weighted by molar-refractivity contribution is 6.67. The molecule has 0 spiro atoms. The Balaban J connectivity index is 2.90. The van der Waals surface area contributed by atoms with Gasteiger partial charge < -0.3 is 14.0 Å². The Morgan fingerprint density at radius 3 is 2.17 bits per heavy atom. The molecule has 0 aliphatic carbocycles. The molecular weight excluding hydrogens is 311 g/mol. The summed E-state index contributed by atoms with van der Waals surface area (Å²) in [5, 5.41) is 10.7. The SMILES string of the molecule is CCCC[Si]1(CCCC)OCC(CC)C(C(O)C(CC)CF)O1. The average Bonchev–Trinajstić information content (AvgIpc) is 2.59. The number of aliphatic hydroxyl groups is 1. The first-order chi connectivity index (χ1) is 11.1. The Hall–Kier alpha value is 0.0269. The van der Waals surface area contributed by atoms with E-state index < -0.39 is 21.3 Å². The lowest BCUT2D eigenvalue weighted by molar-refractivity contribution is -0.0944. The molecule has 4 atom stereocenters. The minimum absolute atomic E-state index is 0.175. The van der Waals surface area contributed by atoms with Gasteiger partial charge in [0.2, 0.25) is 0 Å². The van der Waals surface area contributed by atoms with E-state index in [1.54, 1.807) is 0 Å². The molecule has 3 nitrogen and oxygen atoms in total. The lowest BCUT2D eigenvalue weighted by Crippen LogP contribution is -2.57. The van der Waals surface area contributed by atoms with Crippen LogP contribution in [-0.2, 0) is 8.85 Å². The molecule has 5 heteroatoms. The van der Waals surface area contributed by atoms with Crippen molar-refractivity contribution in [2.45, 2.75) is 90.5 Å². The first-order valence-electron chi connectivity index (χ1n) is 9.63. The van der Waals surface area contributed by atoms with E-state index in [1.165, 1.54) is 0 Å². The van der Waals surface area contributed by atoms with Crippen molar-refractivity contribution in [1.29, 1.82) is 0 Å². The molecule has 1 aliphatic rings. The molecule has 23 heavy (non-hydrogen) atoms. The molecule has 0 aromatic carbocycles. The number of aliphatic hydroxyl groups excluding tert-OH is 1. The van der Waals surface area contributed by atoms with Gasteiger partial charge in [0.15, 0.2) is 0 Å². The Morgan fingerprint density at radius 1 is 1.13 bits per heavy atom. The molecule has 0 aromatic rings. The molecule has 1 rings (SSSR count). The van der Waals surface area contributed by atoms with Crippen molar-refractivity contribution in [3.63, 3.8) is 0 Å². The van der Waals surface area contributed by atoms with Crippen LogP contribution >= 0.6 is 0 Å². The lowest BCUT2D eigenvalue weighted by Gasteiger charge is -2.46. The van der Waals surface area contributed by atoms with Crippen molar-refractivity contribution >= 4 is 8.56 Å². The van der Waals surface area contributed by atoms with Gasteiger partial charge in [-0.05, 0) is 24.9 Å². The van der Waals surface area contributed by atoms with Gasteiger partial charge in [-0.25, -0.2) is 0 Å².